The van der Waals surface area contributed by atoms with Crippen LogP contribution in [0.2, 0.25) is 0 Å². The number of hydrogen-bond donors (Lipinski definition) is 0. The van der Waals surface area contributed by atoms with E-state index in [-0.39, 0.29) is 5.56 Å². The Bertz CT molecular complexity index is 996. The van der Waals surface area contributed by atoms with Crippen molar-refractivity contribution in [3.05, 3.63) is 52.8 Å². The highest BCUT2D eigenvalue weighted by molar-refractivity contribution is 7.99. The number of fused-ring (bicyclic) bond motifs is 1. The quantitative estimate of drug-likeness (QED) is 0.503. The van der Waals surface area contributed by atoms with Crippen molar-refractivity contribution in [1.29, 1.82) is 0 Å². The van der Waals surface area contributed by atoms with Gasteiger partial charge in [-0.1, -0.05) is 37.7 Å². The first-order valence-electron chi connectivity index (χ1n) is 8.46. The molecule has 0 N–H and O–H groups in total. The van der Waals surface area contributed by atoms with Gasteiger partial charge in [-0.3, -0.25) is 9.36 Å². The summed E-state index contributed by atoms with van der Waals surface area (Å²) in [5.74, 6) is 0.644. The fourth-order valence-electron chi connectivity index (χ4n) is 2.75. The van der Waals surface area contributed by atoms with Crippen molar-refractivity contribution in [3.8, 4) is 11.4 Å². The van der Waals surface area contributed by atoms with Crippen molar-refractivity contribution >= 4 is 28.4 Å². The third kappa shape index (κ3) is 3.42. The number of hydrogen-bond acceptors (Lipinski definition) is 5. The largest absolute Gasteiger partial charge is 0.495 e. The molecular weight excluding hydrogens is 346 g/mol. The summed E-state index contributed by atoms with van der Waals surface area (Å²) in [7, 11) is 5.52. The minimum absolute atomic E-state index is 0.0913. The summed E-state index contributed by atoms with van der Waals surface area (Å²) in [6.45, 7) is 4.17. The molecule has 0 atom stereocenters. The van der Waals surface area contributed by atoms with E-state index in [4.69, 9.17) is 9.72 Å². The monoisotopic (exact) mass is 369 g/mol. The maximum Gasteiger partial charge on any atom is 0.266 e. The zero-order valence-corrected chi connectivity index (χ0v) is 16.5. The van der Waals surface area contributed by atoms with Gasteiger partial charge in [-0.25, -0.2) is 4.98 Å². The Morgan fingerprint density at radius 3 is 2.54 bits per heavy atom. The van der Waals surface area contributed by atoms with Crippen molar-refractivity contribution in [2.45, 2.75) is 24.3 Å². The average molecular weight is 369 g/mol. The lowest BCUT2D eigenvalue weighted by atomic mass is 10.2. The Kier molecular flexibility index (Phi) is 5.23. The molecule has 3 aromatic rings. The van der Waals surface area contributed by atoms with Crippen LogP contribution >= 0.6 is 11.8 Å². The molecule has 2 aromatic carbocycles. The van der Waals surface area contributed by atoms with Crippen LogP contribution in [0.3, 0.4) is 0 Å². The molecule has 0 fully saturated rings. The number of anilines is 1. The number of nitrogens with zero attached hydrogens (tertiary/aromatic N) is 3. The van der Waals surface area contributed by atoms with E-state index >= 15 is 0 Å². The number of para-hydroxylation sites is 2. The van der Waals surface area contributed by atoms with Gasteiger partial charge in [-0.05, 0) is 30.3 Å². The molecule has 5 nitrogen and oxygen atoms in total. The molecule has 0 bridgehead atoms. The zero-order valence-electron chi connectivity index (χ0n) is 15.7. The summed E-state index contributed by atoms with van der Waals surface area (Å²) >= 11 is 1.56. The summed E-state index contributed by atoms with van der Waals surface area (Å²) in [4.78, 5) is 20.2. The summed E-state index contributed by atoms with van der Waals surface area (Å²) in [5, 5.41) is 1.55. The summed E-state index contributed by atoms with van der Waals surface area (Å²) in [6, 6.07) is 13.3. The molecule has 0 spiro atoms. The Morgan fingerprint density at radius 2 is 1.88 bits per heavy atom. The van der Waals surface area contributed by atoms with E-state index in [1.165, 1.54) is 0 Å². The number of ether oxygens (including phenoxy) is 1. The van der Waals surface area contributed by atoms with Gasteiger partial charge in [0.1, 0.15) is 5.75 Å². The number of benzene rings is 2. The zero-order chi connectivity index (χ0) is 18.8. The first-order chi connectivity index (χ1) is 12.4. The van der Waals surface area contributed by atoms with Crippen LogP contribution in [0.5, 0.6) is 5.75 Å². The molecule has 0 aliphatic heterocycles. The molecule has 0 aliphatic carbocycles. The van der Waals surface area contributed by atoms with Gasteiger partial charge in [0.05, 0.1) is 23.7 Å². The number of thioether (sulfide) groups is 1. The predicted molar refractivity (Wildman–Crippen MR) is 109 cm³/mol. The number of methoxy groups -OCH3 is 1. The summed E-state index contributed by atoms with van der Waals surface area (Å²) in [5.41, 5.74) is 2.28. The van der Waals surface area contributed by atoms with E-state index in [0.29, 0.717) is 32.7 Å². The molecule has 26 heavy (non-hydrogen) atoms. The van der Waals surface area contributed by atoms with Gasteiger partial charge in [0, 0.05) is 25.0 Å². The van der Waals surface area contributed by atoms with Gasteiger partial charge in [0.15, 0.2) is 5.16 Å². The summed E-state index contributed by atoms with van der Waals surface area (Å²) < 4.78 is 7.14. The van der Waals surface area contributed by atoms with E-state index in [0.717, 1.165) is 5.69 Å². The minimum Gasteiger partial charge on any atom is -0.495 e. The molecule has 3 rings (SSSR count). The van der Waals surface area contributed by atoms with Crippen LogP contribution in [0.4, 0.5) is 5.69 Å². The molecule has 1 heterocycles. The first kappa shape index (κ1) is 18.3. The molecule has 0 aliphatic rings. The Hall–Kier alpha value is -2.47. The van der Waals surface area contributed by atoms with Crippen LogP contribution in [0.25, 0.3) is 16.6 Å². The van der Waals surface area contributed by atoms with Crippen LogP contribution in [0.15, 0.2) is 52.4 Å². The second kappa shape index (κ2) is 7.41. The molecule has 0 saturated heterocycles. The smallest absolute Gasteiger partial charge is 0.266 e. The van der Waals surface area contributed by atoms with Crippen LogP contribution in [-0.4, -0.2) is 36.0 Å². The topological polar surface area (TPSA) is 47.4 Å². The number of aromatic nitrogens is 2. The maximum atomic E-state index is 13.4. The molecule has 1 aromatic heterocycles. The maximum absolute atomic E-state index is 13.4. The van der Waals surface area contributed by atoms with Crippen LogP contribution < -0.4 is 15.2 Å². The van der Waals surface area contributed by atoms with Crippen molar-refractivity contribution < 1.29 is 4.74 Å². The SMILES string of the molecule is COc1ccccc1-n1c(SC(C)C)nc2ccc(N(C)C)cc2c1=O. The van der Waals surface area contributed by atoms with Crippen LogP contribution in [0.1, 0.15) is 13.8 Å². The van der Waals surface area contributed by atoms with E-state index < -0.39 is 0 Å². The van der Waals surface area contributed by atoms with E-state index in [1.54, 1.807) is 23.4 Å². The lowest BCUT2D eigenvalue weighted by Gasteiger charge is -2.18. The van der Waals surface area contributed by atoms with Gasteiger partial charge >= 0.3 is 0 Å². The first-order valence-corrected chi connectivity index (χ1v) is 9.34. The highest BCUT2D eigenvalue weighted by Gasteiger charge is 2.17. The molecule has 6 heteroatoms. The lowest BCUT2D eigenvalue weighted by molar-refractivity contribution is 0.411. The fourth-order valence-corrected chi connectivity index (χ4v) is 3.61. The Labute approximate surface area is 157 Å². The molecule has 0 unspecified atom stereocenters. The van der Waals surface area contributed by atoms with Gasteiger partial charge in [-0.2, -0.15) is 0 Å². The van der Waals surface area contributed by atoms with Crippen molar-refractivity contribution in [2.24, 2.45) is 0 Å². The van der Waals surface area contributed by atoms with Crippen molar-refractivity contribution in [2.75, 3.05) is 26.1 Å². The third-order valence-electron chi connectivity index (χ3n) is 4.00. The van der Waals surface area contributed by atoms with E-state index in [9.17, 15) is 4.79 Å². The second-order valence-corrected chi connectivity index (χ2v) is 8.01. The lowest BCUT2D eigenvalue weighted by Crippen LogP contribution is -2.23. The second-order valence-electron chi connectivity index (χ2n) is 6.47. The molecule has 136 valence electrons. The predicted octanol–water partition coefficient (Wildman–Crippen LogP) is 3.96. The van der Waals surface area contributed by atoms with E-state index in [1.807, 2.05) is 61.5 Å². The molecular formula is C20H23N3O2S. The van der Waals surface area contributed by atoms with Gasteiger partial charge < -0.3 is 9.64 Å². The van der Waals surface area contributed by atoms with Crippen LogP contribution in [0, 0.1) is 0 Å². The minimum atomic E-state index is -0.0913. The van der Waals surface area contributed by atoms with Crippen LogP contribution in [-0.2, 0) is 0 Å². The van der Waals surface area contributed by atoms with Gasteiger partial charge in [-0.15, -0.1) is 0 Å². The van der Waals surface area contributed by atoms with Crippen molar-refractivity contribution in [1.82, 2.24) is 9.55 Å². The van der Waals surface area contributed by atoms with E-state index in [2.05, 4.69) is 13.8 Å². The normalized spacial score (nSPS) is 11.2. The van der Waals surface area contributed by atoms with Gasteiger partial charge in [0.2, 0.25) is 0 Å². The molecule has 0 radical (unpaired) electrons. The highest BCUT2D eigenvalue weighted by atomic mass is 32.2. The van der Waals surface area contributed by atoms with Crippen molar-refractivity contribution in [3.63, 3.8) is 0 Å². The number of rotatable bonds is 5. The highest BCUT2D eigenvalue weighted by Crippen LogP contribution is 2.29. The fraction of sp³-hybridized carbons (Fsp3) is 0.300. The third-order valence-corrected chi connectivity index (χ3v) is 4.96. The standard InChI is InChI=1S/C20H23N3O2S/c1-13(2)26-20-21-16-11-10-14(22(3)4)12-15(16)19(24)23(20)17-8-6-7-9-18(17)25-5/h6-13H,1-5H3. The van der Waals surface area contributed by atoms with Gasteiger partial charge in [0.25, 0.3) is 5.56 Å². The molecule has 0 amide bonds. The Balaban J connectivity index is 2.37. The molecule has 0 saturated carbocycles. The average Bonchev–Trinajstić information content (AvgIpc) is 2.61. The Morgan fingerprint density at radius 1 is 1.15 bits per heavy atom. The summed E-state index contributed by atoms with van der Waals surface area (Å²) in [6.07, 6.45) is 0.